The molecule has 0 radical (unpaired) electrons. The molecule has 0 aromatic heterocycles. The van der Waals surface area contributed by atoms with Crippen molar-refractivity contribution in [3.63, 3.8) is 0 Å². The fraction of sp³-hybridized carbons (Fsp3) is 1.00. The molecule has 0 aromatic rings. The van der Waals surface area contributed by atoms with Crippen molar-refractivity contribution in [2.75, 3.05) is 59.4 Å². The first kappa shape index (κ1) is 16.9. The highest BCUT2D eigenvalue weighted by atomic mass is 15.2. The minimum atomic E-state index is 1.00. The lowest BCUT2D eigenvalue weighted by atomic mass is 9.93. The van der Waals surface area contributed by atoms with Crippen LogP contribution in [0.15, 0.2) is 0 Å². The van der Waals surface area contributed by atoms with Gasteiger partial charge in [0.05, 0.1) is 20.1 Å². The van der Waals surface area contributed by atoms with Crippen molar-refractivity contribution in [3.05, 3.63) is 0 Å². The Morgan fingerprint density at radius 3 is 2.05 bits per heavy atom. The quantitative estimate of drug-likeness (QED) is 0.816. The van der Waals surface area contributed by atoms with E-state index in [1.165, 1.54) is 71.6 Å². The molecule has 0 spiro atoms. The van der Waals surface area contributed by atoms with Gasteiger partial charge < -0.3 is 9.80 Å². The number of quaternary nitrogens is 1. The molecule has 2 fully saturated rings. The van der Waals surface area contributed by atoms with E-state index in [4.69, 9.17) is 0 Å². The van der Waals surface area contributed by atoms with Gasteiger partial charge >= 0.3 is 0 Å². The topological polar surface area (TPSA) is 10.9 Å². The number of likely N-dealkylation sites (N-methyl/N-ethyl adjacent to an activating group) is 1. The van der Waals surface area contributed by atoms with Crippen LogP contribution >= 0.6 is 0 Å². The van der Waals surface area contributed by atoms with Crippen LogP contribution in [0, 0.1) is 5.92 Å². The smallest absolute Gasteiger partial charge is 0.0898 e. The summed E-state index contributed by atoms with van der Waals surface area (Å²) in [6, 6.07) is 0. The minimum Gasteiger partial charge on any atom is -0.335 e. The fourth-order valence-electron chi connectivity index (χ4n) is 3.11. The van der Waals surface area contributed by atoms with E-state index in [2.05, 4.69) is 23.8 Å². The predicted octanol–water partition coefficient (Wildman–Crippen LogP) is 0.965. The molecule has 19 heavy (non-hydrogen) atoms. The van der Waals surface area contributed by atoms with Gasteiger partial charge in [0.1, 0.15) is 0 Å². The van der Waals surface area contributed by atoms with Gasteiger partial charge in [-0.1, -0.05) is 20.8 Å². The third-order valence-electron chi connectivity index (χ3n) is 4.72. The number of hydrogen-bond acceptors (Lipinski definition) is 2. The summed E-state index contributed by atoms with van der Waals surface area (Å²) in [6.45, 7) is 16.9. The van der Waals surface area contributed by atoms with Crippen LogP contribution in [0.1, 0.15) is 40.0 Å². The molecule has 1 N–H and O–H groups in total. The lowest BCUT2D eigenvalue weighted by Gasteiger charge is -2.34. The zero-order valence-electron chi connectivity index (χ0n) is 13.7. The van der Waals surface area contributed by atoms with Crippen molar-refractivity contribution in [1.29, 1.82) is 0 Å². The van der Waals surface area contributed by atoms with Gasteiger partial charge in [-0.25, -0.2) is 0 Å². The van der Waals surface area contributed by atoms with Crippen LogP contribution in [0.4, 0.5) is 0 Å². The van der Waals surface area contributed by atoms with Crippen molar-refractivity contribution in [2.24, 2.45) is 5.92 Å². The summed E-state index contributed by atoms with van der Waals surface area (Å²) in [4.78, 5) is 6.98. The number of nitrogens with zero attached hydrogens (tertiary/aromatic N) is 2. The molecule has 3 nitrogen and oxygen atoms in total. The van der Waals surface area contributed by atoms with Gasteiger partial charge in [-0.3, -0.25) is 4.90 Å². The summed E-state index contributed by atoms with van der Waals surface area (Å²) in [7, 11) is 2.32. The SMILES string of the molecule is CC.CCN1CCC(CCN2CC[NH+](C)CC2)CC1. The van der Waals surface area contributed by atoms with Gasteiger partial charge in [-0.05, 0) is 51.4 Å². The van der Waals surface area contributed by atoms with Crippen LogP contribution in [0.25, 0.3) is 0 Å². The Labute approximate surface area is 120 Å². The normalized spacial score (nSPS) is 24.0. The largest absolute Gasteiger partial charge is 0.335 e. The predicted molar refractivity (Wildman–Crippen MR) is 83.9 cm³/mol. The number of nitrogens with one attached hydrogen (secondary N) is 1. The molecule has 0 saturated carbocycles. The van der Waals surface area contributed by atoms with Gasteiger partial charge in [0, 0.05) is 13.1 Å². The molecular weight excluding hydrogens is 234 g/mol. The number of rotatable bonds is 4. The molecule has 0 amide bonds. The number of piperazine rings is 1. The first-order valence-electron chi connectivity index (χ1n) is 8.54. The molecule has 114 valence electrons. The summed E-state index contributed by atoms with van der Waals surface area (Å²) in [6.07, 6.45) is 4.32. The Balaban J connectivity index is 0.000000861. The van der Waals surface area contributed by atoms with Gasteiger partial charge in [-0.2, -0.15) is 0 Å². The van der Waals surface area contributed by atoms with Crippen LogP contribution < -0.4 is 4.90 Å². The van der Waals surface area contributed by atoms with E-state index in [0.29, 0.717) is 0 Å². The zero-order chi connectivity index (χ0) is 14.1. The molecule has 2 aliphatic rings. The number of piperidine rings is 1. The van der Waals surface area contributed by atoms with E-state index in [1.54, 1.807) is 4.90 Å². The van der Waals surface area contributed by atoms with E-state index in [0.717, 1.165) is 5.92 Å². The summed E-state index contributed by atoms with van der Waals surface area (Å²) < 4.78 is 0. The minimum absolute atomic E-state index is 1.00. The van der Waals surface area contributed by atoms with Gasteiger partial charge in [0.25, 0.3) is 0 Å². The molecule has 0 bridgehead atoms. The van der Waals surface area contributed by atoms with Crippen LogP contribution in [0.3, 0.4) is 0 Å². The number of hydrogen-bond donors (Lipinski definition) is 1. The summed E-state index contributed by atoms with van der Waals surface area (Å²) in [5.41, 5.74) is 0. The molecule has 0 aliphatic carbocycles. The second kappa shape index (κ2) is 9.73. The molecule has 2 heterocycles. The Kier molecular flexibility index (Phi) is 8.67. The highest BCUT2D eigenvalue weighted by Gasteiger charge is 2.21. The maximum Gasteiger partial charge on any atom is 0.0898 e. The van der Waals surface area contributed by atoms with Crippen LogP contribution in [0.2, 0.25) is 0 Å². The second-order valence-corrected chi connectivity index (χ2v) is 5.97. The molecule has 2 saturated heterocycles. The van der Waals surface area contributed by atoms with Crippen LogP contribution in [-0.2, 0) is 0 Å². The standard InChI is InChI=1S/C14H29N3.C2H6/c1-3-16-7-4-14(5-8-16)6-9-17-12-10-15(2)11-13-17;1-2/h14H,3-13H2,1-2H3;1-2H3/p+1. The highest BCUT2D eigenvalue weighted by Crippen LogP contribution is 2.20. The zero-order valence-corrected chi connectivity index (χ0v) is 13.7. The van der Waals surface area contributed by atoms with Crippen molar-refractivity contribution >= 4 is 0 Å². The van der Waals surface area contributed by atoms with Gasteiger partial charge in [0.2, 0.25) is 0 Å². The first-order chi connectivity index (χ1) is 9.28. The summed E-state index contributed by atoms with van der Waals surface area (Å²) in [5.74, 6) is 1.00. The third kappa shape index (κ3) is 6.24. The Hall–Kier alpha value is -0.120. The third-order valence-corrected chi connectivity index (χ3v) is 4.72. The second-order valence-electron chi connectivity index (χ2n) is 5.97. The molecule has 2 rings (SSSR count). The summed E-state index contributed by atoms with van der Waals surface area (Å²) in [5, 5.41) is 0. The maximum atomic E-state index is 2.68. The van der Waals surface area contributed by atoms with E-state index in [-0.39, 0.29) is 0 Å². The first-order valence-corrected chi connectivity index (χ1v) is 8.54. The van der Waals surface area contributed by atoms with E-state index < -0.39 is 0 Å². The molecule has 0 aromatic carbocycles. The molecule has 0 unspecified atom stereocenters. The molecule has 2 aliphatic heterocycles. The van der Waals surface area contributed by atoms with E-state index in [1.807, 2.05) is 13.8 Å². The Morgan fingerprint density at radius 1 is 0.947 bits per heavy atom. The van der Waals surface area contributed by atoms with Crippen molar-refractivity contribution in [3.8, 4) is 0 Å². The fourth-order valence-corrected chi connectivity index (χ4v) is 3.11. The van der Waals surface area contributed by atoms with Gasteiger partial charge in [-0.15, -0.1) is 0 Å². The van der Waals surface area contributed by atoms with Gasteiger partial charge in [0.15, 0.2) is 0 Å². The van der Waals surface area contributed by atoms with Crippen LogP contribution in [-0.4, -0.2) is 69.2 Å². The Bertz CT molecular complexity index is 204. The number of likely N-dealkylation sites (tertiary alicyclic amines) is 1. The average Bonchev–Trinajstić information content (AvgIpc) is 2.49. The lowest BCUT2D eigenvalue weighted by Crippen LogP contribution is -3.11. The molecule has 0 atom stereocenters. The van der Waals surface area contributed by atoms with Crippen LogP contribution in [0.5, 0.6) is 0 Å². The summed E-state index contributed by atoms with van der Waals surface area (Å²) >= 11 is 0. The van der Waals surface area contributed by atoms with Crippen molar-refractivity contribution < 1.29 is 4.90 Å². The molecular formula is C16H36N3+. The van der Waals surface area contributed by atoms with Crippen molar-refractivity contribution in [1.82, 2.24) is 9.80 Å². The van der Waals surface area contributed by atoms with E-state index in [9.17, 15) is 0 Å². The molecule has 3 heteroatoms. The highest BCUT2D eigenvalue weighted by molar-refractivity contribution is 4.73. The lowest BCUT2D eigenvalue weighted by molar-refractivity contribution is -0.884. The maximum absolute atomic E-state index is 2.68. The van der Waals surface area contributed by atoms with Crippen molar-refractivity contribution in [2.45, 2.75) is 40.0 Å². The Morgan fingerprint density at radius 2 is 1.53 bits per heavy atom. The van der Waals surface area contributed by atoms with E-state index >= 15 is 0 Å². The monoisotopic (exact) mass is 270 g/mol. The average molecular weight is 270 g/mol.